The van der Waals surface area contributed by atoms with E-state index in [1.807, 2.05) is 0 Å². The van der Waals surface area contributed by atoms with E-state index in [1.54, 1.807) is 11.1 Å². The second kappa shape index (κ2) is 2.87. The van der Waals surface area contributed by atoms with E-state index in [-0.39, 0.29) is 0 Å². The summed E-state index contributed by atoms with van der Waals surface area (Å²) < 4.78 is 1.46. The van der Waals surface area contributed by atoms with Gasteiger partial charge in [0, 0.05) is 21.7 Å². The van der Waals surface area contributed by atoms with E-state index in [0.29, 0.717) is 0 Å². The van der Waals surface area contributed by atoms with Gasteiger partial charge in [-0.3, -0.25) is 0 Å². The molecule has 2 aliphatic rings. The molecule has 0 radical (unpaired) electrons. The summed E-state index contributed by atoms with van der Waals surface area (Å²) in [5.41, 5.74) is 4.66. The first-order valence-corrected chi connectivity index (χ1v) is 5.99. The number of nitrogens with one attached hydrogen (secondary N) is 1. The average molecular weight is 285 g/mol. The number of hydrogen-bond acceptors (Lipinski definition) is 1. The zero-order valence-electron chi connectivity index (χ0n) is 7.44. The molecule has 1 aliphatic heterocycles. The minimum Gasteiger partial charge on any atom is -0.384 e. The predicted octanol–water partition coefficient (Wildman–Crippen LogP) is 3.14. The van der Waals surface area contributed by atoms with Gasteiger partial charge < -0.3 is 5.32 Å². The molecule has 1 aromatic carbocycles. The molecule has 0 bridgehead atoms. The van der Waals surface area contributed by atoms with Crippen molar-refractivity contribution in [1.82, 2.24) is 0 Å². The number of anilines is 1. The van der Waals surface area contributed by atoms with E-state index in [1.165, 1.54) is 35.1 Å². The monoisotopic (exact) mass is 285 g/mol. The van der Waals surface area contributed by atoms with Crippen LogP contribution in [0.1, 0.15) is 29.9 Å². The molecular weight excluding hydrogens is 273 g/mol. The van der Waals surface area contributed by atoms with Crippen LogP contribution in [-0.2, 0) is 6.42 Å². The van der Waals surface area contributed by atoms with Crippen LogP contribution in [-0.4, -0.2) is 6.54 Å². The summed E-state index contributed by atoms with van der Waals surface area (Å²) in [6, 6.07) is 4.49. The molecule has 0 amide bonds. The van der Waals surface area contributed by atoms with Gasteiger partial charge in [0.1, 0.15) is 0 Å². The van der Waals surface area contributed by atoms with Gasteiger partial charge in [0.25, 0.3) is 0 Å². The van der Waals surface area contributed by atoms with Crippen molar-refractivity contribution in [1.29, 1.82) is 0 Å². The van der Waals surface area contributed by atoms with Crippen molar-refractivity contribution in [3.63, 3.8) is 0 Å². The maximum Gasteiger partial charge on any atom is 0.0379 e. The number of benzene rings is 1. The first kappa shape index (κ1) is 8.09. The fourth-order valence-corrected chi connectivity index (χ4v) is 3.36. The number of halogens is 1. The van der Waals surface area contributed by atoms with Gasteiger partial charge in [-0.2, -0.15) is 0 Å². The average Bonchev–Trinajstić information content (AvgIpc) is 2.57. The summed E-state index contributed by atoms with van der Waals surface area (Å²) >= 11 is 2.47. The molecule has 1 N–H and O–H groups in total. The van der Waals surface area contributed by atoms with Crippen molar-refractivity contribution in [3.05, 3.63) is 26.8 Å². The normalized spacial score (nSPS) is 23.9. The highest BCUT2D eigenvalue weighted by Crippen LogP contribution is 2.42. The van der Waals surface area contributed by atoms with E-state index in [0.717, 1.165) is 5.92 Å². The third-order valence-corrected chi connectivity index (χ3v) is 4.24. The molecule has 1 unspecified atom stereocenters. The van der Waals surface area contributed by atoms with Crippen LogP contribution in [0.4, 0.5) is 5.69 Å². The van der Waals surface area contributed by atoms with Crippen molar-refractivity contribution in [2.45, 2.75) is 25.2 Å². The minimum atomic E-state index is 0.813. The van der Waals surface area contributed by atoms with Crippen LogP contribution in [0.3, 0.4) is 0 Å². The maximum atomic E-state index is 3.51. The molecule has 0 fully saturated rings. The largest absolute Gasteiger partial charge is 0.384 e. The van der Waals surface area contributed by atoms with Gasteiger partial charge in [-0.1, -0.05) is 0 Å². The Morgan fingerprint density at radius 3 is 3.23 bits per heavy atom. The first-order chi connectivity index (χ1) is 6.36. The van der Waals surface area contributed by atoms with Crippen LogP contribution in [0.15, 0.2) is 12.1 Å². The van der Waals surface area contributed by atoms with Crippen molar-refractivity contribution in [3.8, 4) is 0 Å². The van der Waals surface area contributed by atoms with E-state index < -0.39 is 0 Å². The topological polar surface area (TPSA) is 12.0 Å². The molecule has 1 heterocycles. The van der Waals surface area contributed by atoms with E-state index in [4.69, 9.17) is 0 Å². The summed E-state index contributed by atoms with van der Waals surface area (Å²) in [6.07, 6.45) is 4.05. The molecule has 1 aromatic rings. The fourth-order valence-electron chi connectivity index (χ4n) is 2.62. The van der Waals surface area contributed by atoms with Crippen molar-refractivity contribution < 1.29 is 0 Å². The van der Waals surface area contributed by atoms with Crippen LogP contribution in [0, 0.1) is 3.57 Å². The zero-order chi connectivity index (χ0) is 8.84. The second-order valence-electron chi connectivity index (χ2n) is 3.96. The Morgan fingerprint density at radius 1 is 1.38 bits per heavy atom. The standard InChI is InChI=1S/C11H12IN/c12-9-4-5-10-11-7(6-13-10)2-1-3-8(9)11/h4-5,7,13H,1-3,6H2. The highest BCUT2D eigenvalue weighted by atomic mass is 127. The highest BCUT2D eigenvalue weighted by molar-refractivity contribution is 14.1. The van der Waals surface area contributed by atoms with E-state index in [2.05, 4.69) is 40.0 Å². The minimum absolute atomic E-state index is 0.813. The van der Waals surface area contributed by atoms with Crippen LogP contribution >= 0.6 is 22.6 Å². The number of hydrogen-bond donors (Lipinski definition) is 1. The third kappa shape index (κ3) is 1.11. The number of rotatable bonds is 0. The second-order valence-corrected chi connectivity index (χ2v) is 5.12. The molecule has 2 heteroatoms. The summed E-state index contributed by atoms with van der Waals surface area (Å²) in [7, 11) is 0. The zero-order valence-corrected chi connectivity index (χ0v) is 9.60. The molecule has 0 aromatic heterocycles. The lowest BCUT2D eigenvalue weighted by Crippen LogP contribution is -2.10. The molecule has 1 atom stereocenters. The van der Waals surface area contributed by atoms with Gasteiger partial charge in [-0.25, -0.2) is 0 Å². The molecule has 0 saturated heterocycles. The SMILES string of the molecule is Ic1ccc2c3c1CCCC3CN2. The molecule has 1 nitrogen and oxygen atoms in total. The van der Waals surface area contributed by atoms with E-state index in [9.17, 15) is 0 Å². The Labute approximate surface area is 92.1 Å². The van der Waals surface area contributed by atoms with Gasteiger partial charge in [-0.15, -0.1) is 0 Å². The van der Waals surface area contributed by atoms with Crippen LogP contribution < -0.4 is 5.32 Å². The molecule has 0 saturated carbocycles. The molecule has 13 heavy (non-hydrogen) atoms. The lowest BCUT2D eigenvalue weighted by atomic mass is 9.84. The van der Waals surface area contributed by atoms with Gasteiger partial charge in [0.05, 0.1) is 0 Å². The molecule has 68 valence electrons. The predicted molar refractivity (Wildman–Crippen MR) is 63.3 cm³/mol. The van der Waals surface area contributed by atoms with Gasteiger partial charge in [-0.05, 0) is 65.1 Å². The highest BCUT2D eigenvalue weighted by Gasteiger charge is 2.28. The van der Waals surface area contributed by atoms with Crippen molar-refractivity contribution in [2.75, 3.05) is 11.9 Å². The van der Waals surface area contributed by atoms with Crippen molar-refractivity contribution >= 4 is 28.3 Å². The third-order valence-electron chi connectivity index (χ3n) is 3.23. The summed E-state index contributed by atoms with van der Waals surface area (Å²) in [4.78, 5) is 0. The van der Waals surface area contributed by atoms with Gasteiger partial charge in [0.15, 0.2) is 0 Å². The van der Waals surface area contributed by atoms with Crippen LogP contribution in [0.5, 0.6) is 0 Å². The smallest absolute Gasteiger partial charge is 0.0379 e. The molecular formula is C11H12IN. The fraction of sp³-hybridized carbons (Fsp3) is 0.455. The Morgan fingerprint density at radius 2 is 2.31 bits per heavy atom. The lowest BCUT2D eigenvalue weighted by molar-refractivity contribution is 0.590. The summed E-state index contributed by atoms with van der Waals surface area (Å²) in [5.74, 6) is 0.813. The Balaban J connectivity index is 2.26. The molecule has 0 spiro atoms. The lowest BCUT2D eigenvalue weighted by Gasteiger charge is -2.21. The van der Waals surface area contributed by atoms with Gasteiger partial charge in [0.2, 0.25) is 0 Å². The summed E-state index contributed by atoms with van der Waals surface area (Å²) in [5, 5.41) is 3.51. The summed E-state index contributed by atoms with van der Waals surface area (Å²) in [6.45, 7) is 1.17. The van der Waals surface area contributed by atoms with Gasteiger partial charge >= 0.3 is 0 Å². The van der Waals surface area contributed by atoms with Crippen LogP contribution in [0.2, 0.25) is 0 Å². The molecule has 3 rings (SSSR count). The maximum absolute atomic E-state index is 3.51. The Kier molecular flexibility index (Phi) is 1.79. The van der Waals surface area contributed by atoms with E-state index >= 15 is 0 Å². The quantitative estimate of drug-likeness (QED) is 0.722. The molecule has 1 aliphatic carbocycles. The Bertz CT molecular complexity index is 359. The van der Waals surface area contributed by atoms with Crippen molar-refractivity contribution in [2.24, 2.45) is 0 Å². The Hall–Kier alpha value is -0.250. The first-order valence-electron chi connectivity index (χ1n) is 4.91. The van der Waals surface area contributed by atoms with Crippen LogP contribution in [0.25, 0.3) is 0 Å².